The summed E-state index contributed by atoms with van der Waals surface area (Å²) in [6, 6.07) is 0. The van der Waals surface area contributed by atoms with Gasteiger partial charge in [-0.05, 0) is 32.9 Å². The van der Waals surface area contributed by atoms with Crippen LogP contribution in [0.5, 0.6) is 0 Å². The van der Waals surface area contributed by atoms with Crippen LogP contribution >= 0.6 is 11.8 Å². The number of likely N-dealkylation sites (N-methyl/N-ethyl adjacent to an activating group) is 2. The third-order valence-corrected chi connectivity index (χ3v) is 4.27. The molecule has 0 aromatic heterocycles. The number of piperidine rings is 1. The Balaban J connectivity index is 2.20. The second-order valence-electron chi connectivity index (χ2n) is 4.46. The van der Waals surface area contributed by atoms with Crippen molar-refractivity contribution in [1.82, 2.24) is 15.5 Å². The molecule has 0 radical (unpaired) electrons. The van der Waals surface area contributed by atoms with Gasteiger partial charge in [0.1, 0.15) is 0 Å². The molecule has 2 N–H and O–H groups in total. The lowest BCUT2D eigenvalue weighted by Crippen LogP contribution is -2.39. The molecule has 0 spiro atoms. The topological polar surface area (TPSA) is 61.4 Å². The number of nitrogens with one attached hydrogen (secondary N) is 2. The van der Waals surface area contributed by atoms with Gasteiger partial charge in [-0.25, -0.2) is 0 Å². The van der Waals surface area contributed by atoms with Gasteiger partial charge in [0, 0.05) is 18.8 Å². The molecule has 0 atom stereocenters. The second kappa shape index (κ2) is 8.37. The van der Waals surface area contributed by atoms with E-state index < -0.39 is 0 Å². The van der Waals surface area contributed by atoms with Crippen LogP contribution in [0.2, 0.25) is 0 Å². The first kappa shape index (κ1) is 15.3. The molecule has 104 valence electrons. The smallest absolute Gasteiger partial charge is 0.239 e. The first-order valence-corrected chi connectivity index (χ1v) is 7.51. The Bertz CT molecular complexity index is 280. The molecule has 1 aliphatic rings. The van der Waals surface area contributed by atoms with Gasteiger partial charge >= 0.3 is 0 Å². The van der Waals surface area contributed by atoms with Crippen LogP contribution in [0.25, 0.3) is 0 Å². The van der Waals surface area contributed by atoms with E-state index in [-0.39, 0.29) is 18.4 Å². The average molecular weight is 273 g/mol. The van der Waals surface area contributed by atoms with Crippen molar-refractivity contribution in [3.8, 4) is 0 Å². The summed E-state index contributed by atoms with van der Waals surface area (Å²) in [6.07, 6.45) is 2.25. The van der Waals surface area contributed by atoms with Crippen molar-refractivity contribution < 1.29 is 9.59 Å². The number of hydrogen-bond acceptors (Lipinski definition) is 4. The van der Waals surface area contributed by atoms with Crippen LogP contribution in [0.15, 0.2) is 0 Å². The number of carbonyl (C=O) groups excluding carboxylic acids is 2. The molecule has 0 aromatic carbocycles. The molecule has 1 saturated heterocycles. The summed E-state index contributed by atoms with van der Waals surface area (Å²) >= 11 is 1.71. The molecule has 18 heavy (non-hydrogen) atoms. The van der Waals surface area contributed by atoms with Gasteiger partial charge < -0.3 is 15.5 Å². The minimum atomic E-state index is -0.0970. The summed E-state index contributed by atoms with van der Waals surface area (Å²) in [6.45, 7) is 4.71. The SMILES string of the molecule is CCNC(=O)CN(C)C(=O)CSC1CCNCC1. The average Bonchev–Trinajstić information content (AvgIpc) is 2.37. The van der Waals surface area contributed by atoms with Gasteiger partial charge in [0.2, 0.25) is 11.8 Å². The van der Waals surface area contributed by atoms with Gasteiger partial charge in [-0.15, -0.1) is 11.8 Å². The van der Waals surface area contributed by atoms with Gasteiger partial charge in [-0.3, -0.25) is 9.59 Å². The Kier molecular flexibility index (Phi) is 7.12. The lowest BCUT2D eigenvalue weighted by atomic mass is 10.2. The molecule has 0 bridgehead atoms. The predicted octanol–water partition coefficient (Wildman–Crippen LogP) is 0.0661. The number of amides is 2. The van der Waals surface area contributed by atoms with E-state index in [0.29, 0.717) is 17.5 Å². The number of thioether (sulfide) groups is 1. The van der Waals surface area contributed by atoms with E-state index >= 15 is 0 Å². The summed E-state index contributed by atoms with van der Waals surface area (Å²) in [5, 5.41) is 6.57. The van der Waals surface area contributed by atoms with Crippen molar-refractivity contribution in [1.29, 1.82) is 0 Å². The quantitative estimate of drug-likeness (QED) is 0.719. The molecule has 0 aromatic rings. The van der Waals surface area contributed by atoms with Crippen LogP contribution in [0.3, 0.4) is 0 Å². The van der Waals surface area contributed by atoms with E-state index in [2.05, 4.69) is 10.6 Å². The van der Waals surface area contributed by atoms with Gasteiger partial charge in [0.05, 0.1) is 12.3 Å². The van der Waals surface area contributed by atoms with Crippen molar-refractivity contribution in [2.75, 3.05) is 39.0 Å². The molecular weight excluding hydrogens is 250 g/mol. The fraction of sp³-hybridized carbons (Fsp3) is 0.833. The molecule has 0 aliphatic carbocycles. The molecule has 1 aliphatic heterocycles. The maximum Gasteiger partial charge on any atom is 0.239 e. The van der Waals surface area contributed by atoms with Crippen LogP contribution in [-0.2, 0) is 9.59 Å². The molecular formula is C12H23N3O2S. The molecule has 2 amide bonds. The summed E-state index contributed by atoms with van der Waals surface area (Å²) in [4.78, 5) is 24.7. The van der Waals surface area contributed by atoms with E-state index in [1.54, 1.807) is 18.8 Å². The number of nitrogens with zero attached hydrogens (tertiary/aromatic N) is 1. The molecule has 1 fully saturated rings. The number of rotatable bonds is 6. The number of hydrogen-bond donors (Lipinski definition) is 2. The molecule has 0 unspecified atom stereocenters. The molecule has 6 heteroatoms. The van der Waals surface area contributed by atoms with Gasteiger partial charge in [-0.2, -0.15) is 0 Å². The second-order valence-corrected chi connectivity index (χ2v) is 5.75. The molecule has 5 nitrogen and oxygen atoms in total. The highest BCUT2D eigenvalue weighted by Gasteiger charge is 2.17. The van der Waals surface area contributed by atoms with Crippen LogP contribution < -0.4 is 10.6 Å². The Hall–Kier alpha value is -0.750. The minimum Gasteiger partial charge on any atom is -0.355 e. The lowest BCUT2D eigenvalue weighted by Gasteiger charge is -2.23. The van der Waals surface area contributed by atoms with Crippen LogP contribution in [0, 0.1) is 0 Å². The van der Waals surface area contributed by atoms with Crippen LogP contribution in [0.1, 0.15) is 19.8 Å². The maximum atomic E-state index is 11.8. The van der Waals surface area contributed by atoms with E-state index in [9.17, 15) is 9.59 Å². The maximum absolute atomic E-state index is 11.8. The van der Waals surface area contributed by atoms with Crippen molar-refractivity contribution in [3.63, 3.8) is 0 Å². The van der Waals surface area contributed by atoms with E-state index in [1.807, 2.05) is 6.92 Å². The molecule has 0 saturated carbocycles. The van der Waals surface area contributed by atoms with Crippen molar-refractivity contribution in [2.45, 2.75) is 25.0 Å². The highest BCUT2D eigenvalue weighted by atomic mass is 32.2. The monoisotopic (exact) mass is 273 g/mol. The Labute approximate surface area is 113 Å². The highest BCUT2D eigenvalue weighted by Crippen LogP contribution is 2.20. The third-order valence-electron chi connectivity index (χ3n) is 2.91. The third kappa shape index (κ3) is 5.73. The standard InChI is InChI=1S/C12H23N3O2S/c1-3-14-11(16)8-15(2)12(17)9-18-10-4-6-13-7-5-10/h10,13H,3-9H2,1-2H3,(H,14,16). The Morgan fingerprint density at radius 2 is 2.06 bits per heavy atom. The number of carbonyl (C=O) groups is 2. The van der Waals surface area contributed by atoms with Crippen molar-refractivity contribution in [2.24, 2.45) is 0 Å². The fourth-order valence-electron chi connectivity index (χ4n) is 1.82. The summed E-state index contributed by atoms with van der Waals surface area (Å²) in [5.74, 6) is 0.408. The fourth-order valence-corrected chi connectivity index (χ4v) is 2.99. The summed E-state index contributed by atoms with van der Waals surface area (Å²) in [7, 11) is 1.68. The molecule has 1 heterocycles. The first-order chi connectivity index (χ1) is 8.63. The highest BCUT2D eigenvalue weighted by molar-refractivity contribution is 8.00. The summed E-state index contributed by atoms with van der Waals surface area (Å²) in [5.41, 5.74) is 0. The Morgan fingerprint density at radius 1 is 1.39 bits per heavy atom. The van der Waals surface area contributed by atoms with Crippen molar-refractivity contribution in [3.05, 3.63) is 0 Å². The normalized spacial score (nSPS) is 16.3. The zero-order valence-electron chi connectivity index (χ0n) is 11.2. The zero-order chi connectivity index (χ0) is 13.4. The van der Waals surface area contributed by atoms with Gasteiger partial charge in [-0.1, -0.05) is 0 Å². The predicted molar refractivity (Wildman–Crippen MR) is 74.7 cm³/mol. The molecule has 1 rings (SSSR count). The first-order valence-electron chi connectivity index (χ1n) is 6.46. The zero-order valence-corrected chi connectivity index (χ0v) is 12.0. The van der Waals surface area contributed by atoms with Crippen molar-refractivity contribution >= 4 is 23.6 Å². The summed E-state index contributed by atoms with van der Waals surface area (Å²) < 4.78 is 0. The van der Waals surface area contributed by atoms with E-state index in [4.69, 9.17) is 0 Å². The van der Waals surface area contributed by atoms with E-state index in [0.717, 1.165) is 25.9 Å². The Morgan fingerprint density at radius 3 is 2.67 bits per heavy atom. The van der Waals surface area contributed by atoms with Crippen LogP contribution in [0.4, 0.5) is 0 Å². The van der Waals surface area contributed by atoms with E-state index in [1.165, 1.54) is 4.90 Å². The van der Waals surface area contributed by atoms with Gasteiger partial charge in [0.25, 0.3) is 0 Å². The van der Waals surface area contributed by atoms with Crippen LogP contribution in [-0.4, -0.2) is 60.9 Å². The lowest BCUT2D eigenvalue weighted by molar-refractivity contribution is -0.132. The van der Waals surface area contributed by atoms with Gasteiger partial charge in [0.15, 0.2) is 0 Å². The largest absolute Gasteiger partial charge is 0.355 e. The minimum absolute atomic E-state index is 0.0322.